The van der Waals surface area contributed by atoms with Crippen molar-refractivity contribution in [1.29, 1.82) is 0 Å². The van der Waals surface area contributed by atoms with Crippen LogP contribution in [0.15, 0.2) is 36.4 Å². The molecule has 0 aliphatic carbocycles. The predicted molar refractivity (Wildman–Crippen MR) is 87.0 cm³/mol. The largest absolute Gasteiger partial charge is 0.493 e. The summed E-state index contributed by atoms with van der Waals surface area (Å²) in [5.74, 6) is -1.34. The number of nitrogens with one attached hydrogen (secondary N) is 1. The number of hydrogen-bond acceptors (Lipinski definition) is 4. The van der Waals surface area contributed by atoms with Crippen LogP contribution in [-0.4, -0.2) is 25.5 Å². The number of carbonyl (C=O) groups excluding carboxylic acids is 2. The van der Waals surface area contributed by atoms with Gasteiger partial charge in [0.1, 0.15) is 5.82 Å². The summed E-state index contributed by atoms with van der Waals surface area (Å²) in [6.45, 7) is -0.322. The molecule has 0 unspecified atom stereocenters. The van der Waals surface area contributed by atoms with E-state index in [1.165, 1.54) is 37.4 Å². The van der Waals surface area contributed by atoms with Crippen molar-refractivity contribution in [3.05, 3.63) is 52.8 Å². The Morgan fingerprint density at radius 1 is 1.21 bits per heavy atom. The monoisotopic (exact) mass is 352 g/mol. The van der Waals surface area contributed by atoms with E-state index in [0.29, 0.717) is 0 Å². The second-order valence-electron chi connectivity index (χ2n) is 4.70. The Labute approximate surface area is 142 Å². The molecule has 0 atom stereocenters. The summed E-state index contributed by atoms with van der Waals surface area (Å²) >= 11 is 5.66. The summed E-state index contributed by atoms with van der Waals surface area (Å²) in [6.07, 6.45) is 0. The van der Waals surface area contributed by atoms with Gasteiger partial charge in [0.15, 0.2) is 18.1 Å². The molecule has 3 N–H and O–H groups in total. The topological polar surface area (TPSA) is 90.7 Å². The lowest BCUT2D eigenvalue weighted by molar-refractivity contribution is -0.119. The summed E-state index contributed by atoms with van der Waals surface area (Å²) in [5.41, 5.74) is 5.22. The van der Waals surface area contributed by atoms with E-state index in [1.54, 1.807) is 0 Å². The lowest BCUT2D eigenvalue weighted by Gasteiger charge is -2.12. The van der Waals surface area contributed by atoms with Crippen molar-refractivity contribution in [3.8, 4) is 11.5 Å². The highest BCUT2D eigenvalue weighted by Crippen LogP contribution is 2.28. The molecule has 126 valence electrons. The van der Waals surface area contributed by atoms with Crippen molar-refractivity contribution in [3.63, 3.8) is 0 Å². The van der Waals surface area contributed by atoms with Gasteiger partial charge in [0.25, 0.3) is 11.8 Å². The van der Waals surface area contributed by atoms with Crippen LogP contribution in [0.1, 0.15) is 10.4 Å². The number of carbonyl (C=O) groups is 2. The van der Waals surface area contributed by atoms with Crippen molar-refractivity contribution < 1.29 is 23.5 Å². The number of anilines is 1. The van der Waals surface area contributed by atoms with E-state index in [1.807, 2.05) is 0 Å². The molecule has 0 spiro atoms. The molecule has 0 aromatic heterocycles. The first-order valence-corrected chi connectivity index (χ1v) is 7.14. The minimum Gasteiger partial charge on any atom is -0.493 e. The number of methoxy groups -OCH3 is 1. The number of benzene rings is 2. The number of amides is 2. The molecule has 0 heterocycles. The molecule has 2 aromatic carbocycles. The average Bonchev–Trinajstić information content (AvgIpc) is 2.55. The zero-order valence-electron chi connectivity index (χ0n) is 12.6. The number of primary amides is 1. The van der Waals surface area contributed by atoms with Gasteiger partial charge in [-0.05, 0) is 36.4 Å². The quantitative estimate of drug-likeness (QED) is 0.836. The highest BCUT2D eigenvalue weighted by Gasteiger charge is 2.14. The van der Waals surface area contributed by atoms with Gasteiger partial charge in [-0.25, -0.2) is 4.39 Å². The van der Waals surface area contributed by atoms with Gasteiger partial charge in [0, 0.05) is 10.6 Å². The smallest absolute Gasteiger partial charge is 0.255 e. The van der Waals surface area contributed by atoms with E-state index in [4.69, 9.17) is 26.8 Å². The van der Waals surface area contributed by atoms with E-state index in [2.05, 4.69) is 5.32 Å². The third-order valence-electron chi connectivity index (χ3n) is 2.98. The van der Waals surface area contributed by atoms with Crippen molar-refractivity contribution in [1.82, 2.24) is 0 Å². The van der Waals surface area contributed by atoms with Gasteiger partial charge in [-0.15, -0.1) is 0 Å². The number of ether oxygens (including phenoxy) is 2. The van der Waals surface area contributed by atoms with Crippen molar-refractivity contribution >= 4 is 29.1 Å². The summed E-state index contributed by atoms with van der Waals surface area (Å²) in [5, 5.41) is 2.66. The predicted octanol–water partition coefficient (Wildman–Crippen LogP) is 2.60. The molecule has 0 fully saturated rings. The third kappa shape index (κ3) is 4.36. The first-order valence-electron chi connectivity index (χ1n) is 6.76. The van der Waals surface area contributed by atoms with Crippen LogP contribution in [0.25, 0.3) is 0 Å². The van der Waals surface area contributed by atoms with Crippen LogP contribution in [0, 0.1) is 5.82 Å². The Kier molecular flexibility index (Phi) is 5.59. The molecule has 24 heavy (non-hydrogen) atoms. The second-order valence-corrected chi connectivity index (χ2v) is 5.14. The minimum atomic E-state index is -0.649. The van der Waals surface area contributed by atoms with Gasteiger partial charge in [0.05, 0.1) is 12.8 Å². The minimum absolute atomic E-state index is 0.00239. The molecule has 2 amide bonds. The Bertz CT molecular complexity index is 783. The lowest BCUT2D eigenvalue weighted by atomic mass is 10.1. The molecule has 0 aliphatic rings. The Hall–Kier alpha value is -2.80. The number of halogens is 2. The van der Waals surface area contributed by atoms with E-state index in [-0.39, 0.29) is 34.4 Å². The molecule has 8 heteroatoms. The molecular formula is C16H14ClFN2O4. The number of rotatable bonds is 6. The molecular weight excluding hydrogens is 339 g/mol. The van der Waals surface area contributed by atoms with E-state index in [0.717, 1.165) is 6.07 Å². The first-order chi connectivity index (χ1) is 11.4. The van der Waals surface area contributed by atoms with Gasteiger partial charge in [0.2, 0.25) is 0 Å². The zero-order chi connectivity index (χ0) is 17.7. The van der Waals surface area contributed by atoms with Crippen LogP contribution in [0.4, 0.5) is 10.1 Å². The maximum absolute atomic E-state index is 13.7. The molecule has 2 rings (SSSR count). The van der Waals surface area contributed by atoms with Crippen molar-refractivity contribution in [2.24, 2.45) is 5.73 Å². The highest BCUT2D eigenvalue weighted by atomic mass is 35.5. The van der Waals surface area contributed by atoms with E-state index in [9.17, 15) is 14.0 Å². The summed E-state index contributed by atoms with van der Waals surface area (Å²) in [4.78, 5) is 23.0. The molecule has 2 aromatic rings. The van der Waals surface area contributed by atoms with Crippen LogP contribution >= 0.6 is 11.6 Å². The molecule has 0 saturated heterocycles. The molecule has 0 bridgehead atoms. The first kappa shape index (κ1) is 17.6. The van der Waals surface area contributed by atoms with Gasteiger partial charge < -0.3 is 20.5 Å². The second kappa shape index (κ2) is 7.65. The van der Waals surface area contributed by atoms with Crippen molar-refractivity contribution in [2.75, 3.05) is 19.0 Å². The summed E-state index contributed by atoms with van der Waals surface area (Å²) in [6, 6.07) is 8.22. The number of hydrogen-bond donors (Lipinski definition) is 2. The zero-order valence-corrected chi connectivity index (χ0v) is 13.4. The molecule has 0 aliphatic heterocycles. The highest BCUT2D eigenvalue weighted by molar-refractivity contribution is 6.30. The maximum atomic E-state index is 13.7. The van der Waals surface area contributed by atoms with Gasteiger partial charge in [-0.3, -0.25) is 9.59 Å². The average molecular weight is 353 g/mol. The standard InChI is InChI=1S/C16H14ClFN2O4/c1-23-14-6-9(2-5-13(14)24-8-15(19)21)16(22)20-12-4-3-10(17)7-11(12)18/h2-7H,8H2,1H3,(H2,19,21)(H,20,22). The van der Waals surface area contributed by atoms with Gasteiger partial charge in [-0.1, -0.05) is 11.6 Å². The fourth-order valence-corrected chi connectivity index (χ4v) is 2.02. The SMILES string of the molecule is COc1cc(C(=O)Nc2ccc(Cl)cc2F)ccc1OCC(N)=O. The summed E-state index contributed by atoms with van der Waals surface area (Å²) in [7, 11) is 1.38. The fraction of sp³-hybridized carbons (Fsp3) is 0.125. The van der Waals surface area contributed by atoms with Crippen LogP contribution < -0.4 is 20.5 Å². The van der Waals surface area contributed by atoms with E-state index < -0.39 is 17.6 Å². The maximum Gasteiger partial charge on any atom is 0.255 e. The Morgan fingerprint density at radius 2 is 1.96 bits per heavy atom. The summed E-state index contributed by atoms with van der Waals surface area (Å²) < 4.78 is 24.0. The lowest BCUT2D eigenvalue weighted by Crippen LogP contribution is -2.20. The number of nitrogens with two attached hydrogens (primary N) is 1. The molecule has 6 nitrogen and oxygen atoms in total. The Balaban J connectivity index is 2.18. The molecule has 0 radical (unpaired) electrons. The van der Waals surface area contributed by atoms with Crippen LogP contribution in [0.2, 0.25) is 5.02 Å². The van der Waals surface area contributed by atoms with Crippen LogP contribution in [0.3, 0.4) is 0 Å². The van der Waals surface area contributed by atoms with Gasteiger partial charge in [-0.2, -0.15) is 0 Å². The fourth-order valence-electron chi connectivity index (χ4n) is 1.86. The van der Waals surface area contributed by atoms with E-state index >= 15 is 0 Å². The third-order valence-corrected chi connectivity index (χ3v) is 3.21. The molecule has 0 saturated carbocycles. The normalized spacial score (nSPS) is 10.1. The van der Waals surface area contributed by atoms with Crippen LogP contribution in [-0.2, 0) is 4.79 Å². The van der Waals surface area contributed by atoms with Crippen LogP contribution in [0.5, 0.6) is 11.5 Å². The Morgan fingerprint density at radius 3 is 2.58 bits per heavy atom. The van der Waals surface area contributed by atoms with Gasteiger partial charge >= 0.3 is 0 Å². The van der Waals surface area contributed by atoms with Crippen molar-refractivity contribution in [2.45, 2.75) is 0 Å².